The van der Waals surface area contributed by atoms with Crippen LogP contribution in [-0.4, -0.2) is 68.2 Å². The molecule has 2 heterocycles. The van der Waals surface area contributed by atoms with Gasteiger partial charge in [-0.1, -0.05) is 0 Å². The Morgan fingerprint density at radius 1 is 1.44 bits per heavy atom. The highest BCUT2D eigenvalue weighted by molar-refractivity contribution is 7.86. The Kier molecular flexibility index (Phi) is 3.50. The summed E-state index contributed by atoms with van der Waals surface area (Å²) in [6.45, 7) is 4.57. The second-order valence-corrected chi connectivity index (χ2v) is 6.09. The van der Waals surface area contributed by atoms with Crippen LogP contribution < -0.4 is 0 Å². The molecule has 0 amide bonds. The molecule has 6 nitrogen and oxygen atoms in total. The van der Waals surface area contributed by atoms with Gasteiger partial charge < -0.3 is 9.47 Å². The van der Waals surface area contributed by atoms with Crippen LogP contribution >= 0.6 is 0 Å². The van der Waals surface area contributed by atoms with Gasteiger partial charge in [0.1, 0.15) is 5.25 Å². The highest BCUT2D eigenvalue weighted by Crippen LogP contribution is 2.19. The topological polar surface area (TPSA) is 76.1 Å². The summed E-state index contributed by atoms with van der Waals surface area (Å²) in [6.07, 6.45) is -0.454. The Bertz CT molecular complexity index is 344. The van der Waals surface area contributed by atoms with Crippen LogP contribution in [0.1, 0.15) is 6.92 Å². The van der Waals surface area contributed by atoms with E-state index in [1.165, 1.54) is 6.92 Å². The molecule has 0 aromatic rings. The van der Waals surface area contributed by atoms with Gasteiger partial charge in [0.05, 0.1) is 32.0 Å². The summed E-state index contributed by atoms with van der Waals surface area (Å²) in [6, 6.07) is 0.221. The molecule has 2 aliphatic rings. The number of hydrogen-bond acceptors (Lipinski definition) is 5. The van der Waals surface area contributed by atoms with Crippen LogP contribution in [0, 0.1) is 0 Å². The summed E-state index contributed by atoms with van der Waals surface area (Å²) in [5, 5.41) is -0.878. The molecule has 94 valence electrons. The van der Waals surface area contributed by atoms with Gasteiger partial charge in [0.2, 0.25) is 0 Å². The first-order valence-corrected chi connectivity index (χ1v) is 6.88. The van der Waals surface area contributed by atoms with Crippen molar-refractivity contribution < 1.29 is 22.4 Å². The monoisotopic (exact) mass is 251 g/mol. The van der Waals surface area contributed by atoms with Crippen LogP contribution in [0.3, 0.4) is 0 Å². The van der Waals surface area contributed by atoms with Crippen molar-refractivity contribution in [1.29, 1.82) is 0 Å². The van der Waals surface area contributed by atoms with Crippen molar-refractivity contribution in [3.05, 3.63) is 0 Å². The zero-order valence-electron chi connectivity index (χ0n) is 9.20. The fraction of sp³-hybridized carbons (Fsp3) is 1.00. The van der Waals surface area contributed by atoms with Crippen LogP contribution in [0.5, 0.6) is 0 Å². The Balaban J connectivity index is 2.00. The number of morpholine rings is 2. The first-order chi connectivity index (χ1) is 7.48. The van der Waals surface area contributed by atoms with Gasteiger partial charge in [-0.2, -0.15) is 8.42 Å². The number of nitrogens with zero attached hydrogens (tertiary/aromatic N) is 1. The van der Waals surface area contributed by atoms with Crippen molar-refractivity contribution in [3.63, 3.8) is 0 Å². The van der Waals surface area contributed by atoms with Gasteiger partial charge in [-0.3, -0.25) is 9.45 Å². The second kappa shape index (κ2) is 4.58. The van der Waals surface area contributed by atoms with Gasteiger partial charge in [-0.25, -0.2) is 0 Å². The Labute approximate surface area is 95.3 Å². The molecule has 1 unspecified atom stereocenters. The predicted molar refractivity (Wildman–Crippen MR) is 56.9 cm³/mol. The van der Waals surface area contributed by atoms with Crippen molar-refractivity contribution in [2.24, 2.45) is 0 Å². The molecule has 7 heteroatoms. The average molecular weight is 251 g/mol. The summed E-state index contributed by atoms with van der Waals surface area (Å²) in [4.78, 5) is 2.17. The van der Waals surface area contributed by atoms with Crippen LogP contribution in [0.4, 0.5) is 0 Å². The third-order valence-electron chi connectivity index (χ3n) is 3.26. The SMILES string of the molecule is CC([C@H]1CN2CCOC[C@H]2CO1)S(=O)(=O)O. The molecule has 2 fully saturated rings. The second-order valence-electron chi connectivity index (χ2n) is 4.32. The van der Waals surface area contributed by atoms with E-state index in [4.69, 9.17) is 14.0 Å². The quantitative estimate of drug-likeness (QED) is 0.658. The fourth-order valence-corrected chi connectivity index (χ4v) is 2.63. The van der Waals surface area contributed by atoms with E-state index in [0.717, 1.165) is 6.54 Å². The minimum atomic E-state index is -4.02. The maximum absolute atomic E-state index is 11.0. The molecule has 0 aliphatic carbocycles. The summed E-state index contributed by atoms with van der Waals surface area (Å²) in [7, 11) is -4.02. The predicted octanol–water partition coefficient (Wildman–Crippen LogP) is -0.638. The molecule has 2 saturated heterocycles. The van der Waals surface area contributed by atoms with Gasteiger partial charge in [0, 0.05) is 13.1 Å². The largest absolute Gasteiger partial charge is 0.378 e. The maximum Gasteiger partial charge on any atom is 0.270 e. The Morgan fingerprint density at radius 3 is 2.88 bits per heavy atom. The smallest absolute Gasteiger partial charge is 0.270 e. The highest BCUT2D eigenvalue weighted by atomic mass is 32.2. The normalized spacial score (nSPS) is 34.4. The highest BCUT2D eigenvalue weighted by Gasteiger charge is 2.37. The molecule has 2 aliphatic heterocycles. The first kappa shape index (κ1) is 12.3. The Morgan fingerprint density at radius 2 is 2.19 bits per heavy atom. The molecule has 0 saturated carbocycles. The van der Waals surface area contributed by atoms with Crippen molar-refractivity contribution in [2.75, 3.05) is 32.9 Å². The van der Waals surface area contributed by atoms with Crippen molar-refractivity contribution in [1.82, 2.24) is 4.90 Å². The van der Waals surface area contributed by atoms with Crippen LogP contribution in [0.25, 0.3) is 0 Å². The van der Waals surface area contributed by atoms with Crippen molar-refractivity contribution in [2.45, 2.75) is 24.3 Å². The summed E-state index contributed by atoms with van der Waals surface area (Å²) >= 11 is 0. The van der Waals surface area contributed by atoms with Crippen LogP contribution in [-0.2, 0) is 19.6 Å². The Hall–Kier alpha value is -0.210. The molecule has 0 aromatic carbocycles. The minimum Gasteiger partial charge on any atom is -0.378 e. The number of rotatable bonds is 2. The van der Waals surface area contributed by atoms with E-state index in [2.05, 4.69) is 4.90 Å². The average Bonchev–Trinajstić information content (AvgIpc) is 2.26. The lowest BCUT2D eigenvalue weighted by Crippen LogP contribution is -2.58. The van der Waals surface area contributed by atoms with Gasteiger partial charge in [-0.15, -0.1) is 0 Å². The molecule has 3 atom stereocenters. The first-order valence-electron chi connectivity index (χ1n) is 5.38. The number of ether oxygens (including phenoxy) is 2. The van der Waals surface area contributed by atoms with E-state index in [-0.39, 0.29) is 6.04 Å². The third kappa shape index (κ3) is 2.54. The molecule has 1 N–H and O–H groups in total. The summed E-state index contributed by atoms with van der Waals surface area (Å²) in [5.41, 5.74) is 0. The van der Waals surface area contributed by atoms with Gasteiger partial charge in [0.25, 0.3) is 10.1 Å². The van der Waals surface area contributed by atoms with Crippen molar-refractivity contribution in [3.8, 4) is 0 Å². The number of hydrogen-bond donors (Lipinski definition) is 1. The zero-order valence-corrected chi connectivity index (χ0v) is 10.0. The fourth-order valence-electron chi connectivity index (χ4n) is 2.08. The van der Waals surface area contributed by atoms with Crippen molar-refractivity contribution >= 4 is 10.1 Å². The lowest BCUT2D eigenvalue weighted by atomic mass is 10.1. The molecule has 0 spiro atoms. The van der Waals surface area contributed by atoms with Gasteiger partial charge >= 0.3 is 0 Å². The summed E-state index contributed by atoms with van der Waals surface area (Å²) < 4.78 is 41.8. The zero-order chi connectivity index (χ0) is 11.8. The molecule has 0 radical (unpaired) electrons. The van der Waals surface area contributed by atoms with Crippen LogP contribution in [0.15, 0.2) is 0 Å². The van der Waals surface area contributed by atoms with E-state index in [1.54, 1.807) is 0 Å². The lowest BCUT2D eigenvalue weighted by molar-refractivity contribution is -0.115. The summed E-state index contributed by atoms with van der Waals surface area (Å²) in [5.74, 6) is 0. The van der Waals surface area contributed by atoms with E-state index >= 15 is 0 Å². The molecule has 0 bridgehead atoms. The van der Waals surface area contributed by atoms with E-state index < -0.39 is 21.5 Å². The van der Waals surface area contributed by atoms with Crippen LogP contribution in [0.2, 0.25) is 0 Å². The lowest BCUT2D eigenvalue weighted by Gasteiger charge is -2.43. The minimum absolute atomic E-state index is 0.221. The molecular weight excluding hydrogens is 234 g/mol. The van der Waals surface area contributed by atoms with E-state index in [9.17, 15) is 8.42 Å². The third-order valence-corrected chi connectivity index (χ3v) is 4.50. The molecule has 16 heavy (non-hydrogen) atoms. The molecular formula is C9H17NO5S. The molecule has 0 aromatic heterocycles. The molecule has 2 rings (SSSR count). The maximum atomic E-state index is 11.0. The number of fused-ring (bicyclic) bond motifs is 1. The van der Waals surface area contributed by atoms with E-state index in [0.29, 0.717) is 26.4 Å². The van der Waals surface area contributed by atoms with E-state index in [1.807, 2.05) is 0 Å². The van der Waals surface area contributed by atoms with Gasteiger partial charge in [0.15, 0.2) is 0 Å². The van der Waals surface area contributed by atoms with Gasteiger partial charge in [-0.05, 0) is 6.92 Å². The standard InChI is InChI=1S/C9H17NO5S/c1-7(16(11,12)13)9-4-10-2-3-14-5-8(10)6-15-9/h7-9H,2-6H2,1H3,(H,11,12,13)/t7?,8-,9+/m0/s1.